The number of hydrogen-bond donors (Lipinski definition) is 2. The minimum Gasteiger partial charge on any atom is -0.366 e. The second-order valence-corrected chi connectivity index (χ2v) is 5.33. The molecule has 5 heteroatoms. The van der Waals surface area contributed by atoms with E-state index in [1.165, 1.54) is 18.5 Å². The van der Waals surface area contributed by atoms with Crippen molar-refractivity contribution in [1.82, 2.24) is 4.98 Å². The van der Waals surface area contributed by atoms with Crippen molar-refractivity contribution in [2.24, 2.45) is 0 Å². The van der Waals surface area contributed by atoms with Crippen LogP contribution in [0.4, 0.5) is 5.69 Å². The Morgan fingerprint density at radius 1 is 1.57 bits per heavy atom. The molecule has 1 aromatic heterocycles. The second kappa shape index (κ2) is 3.96. The molecule has 0 aliphatic heterocycles. The third-order valence-corrected chi connectivity index (χ3v) is 1.97. The zero-order valence-corrected chi connectivity index (χ0v) is 9.51. The molecule has 0 bridgehead atoms. The molecule has 2 N–H and O–H groups in total. The van der Waals surface area contributed by atoms with Gasteiger partial charge in [0.25, 0.3) is 0 Å². The van der Waals surface area contributed by atoms with E-state index in [2.05, 4.69) is 26.2 Å². The predicted molar refractivity (Wildman–Crippen MR) is 58.7 cm³/mol. The Morgan fingerprint density at radius 3 is 2.71 bits per heavy atom. The zero-order chi connectivity index (χ0) is 10.8. The van der Waals surface area contributed by atoms with Crippen LogP contribution in [-0.2, 0) is 4.79 Å². The van der Waals surface area contributed by atoms with E-state index in [0.717, 1.165) is 0 Å². The Morgan fingerprint density at radius 2 is 2.21 bits per heavy atom. The van der Waals surface area contributed by atoms with Crippen LogP contribution in [0.5, 0.6) is 0 Å². The first-order chi connectivity index (χ1) is 6.41. The van der Waals surface area contributed by atoms with Crippen LogP contribution in [-0.4, -0.2) is 15.2 Å². The number of aromatic nitrogens is 1. The number of carbonyl (C=O) groups excluding carboxylic acids is 1. The Hall–Kier alpha value is -1.10. The zero-order valence-electron chi connectivity index (χ0n) is 7.93. The van der Waals surface area contributed by atoms with Gasteiger partial charge >= 0.3 is 0 Å². The molecule has 1 rings (SSSR count). The topological polar surface area (TPSA) is 62.0 Å². The number of alkyl halides is 1. The van der Waals surface area contributed by atoms with Crippen molar-refractivity contribution < 1.29 is 4.79 Å². The molecule has 1 aromatic rings. The van der Waals surface area contributed by atoms with Gasteiger partial charge in [0, 0.05) is 18.5 Å². The van der Waals surface area contributed by atoms with Gasteiger partial charge in [-0.15, -0.1) is 0 Å². The van der Waals surface area contributed by atoms with Crippen molar-refractivity contribution in [1.29, 1.82) is 0 Å². The lowest BCUT2D eigenvalue weighted by atomic mass is 10.2. The molecule has 0 atom stereocenters. The van der Waals surface area contributed by atoms with E-state index in [-0.39, 0.29) is 17.0 Å². The first kappa shape index (κ1) is 11.0. The van der Waals surface area contributed by atoms with Crippen molar-refractivity contribution in [3.8, 4) is 0 Å². The molecule has 0 unspecified atom stereocenters. The number of amides is 1. The molecular formula is C9H11BrN2O2. The van der Waals surface area contributed by atoms with Crippen LogP contribution >= 0.6 is 15.9 Å². The molecule has 14 heavy (non-hydrogen) atoms. The number of pyridine rings is 1. The SMILES string of the molecule is CC(C)(Br)C(=O)Nc1c[nH]ccc1=O. The maximum absolute atomic E-state index is 11.5. The fourth-order valence-electron chi connectivity index (χ4n) is 0.785. The number of carbonyl (C=O) groups is 1. The summed E-state index contributed by atoms with van der Waals surface area (Å²) in [5.41, 5.74) is 0.0406. The van der Waals surface area contributed by atoms with E-state index in [1.807, 2.05) is 0 Å². The molecule has 4 nitrogen and oxygen atoms in total. The molecule has 0 fully saturated rings. The number of nitrogens with one attached hydrogen (secondary N) is 2. The maximum Gasteiger partial charge on any atom is 0.240 e. The minimum atomic E-state index is -0.685. The predicted octanol–water partition coefficient (Wildman–Crippen LogP) is 1.49. The van der Waals surface area contributed by atoms with E-state index in [9.17, 15) is 9.59 Å². The molecular weight excluding hydrogens is 248 g/mol. The summed E-state index contributed by atoms with van der Waals surface area (Å²) in [4.78, 5) is 25.4. The van der Waals surface area contributed by atoms with Crippen LogP contribution < -0.4 is 10.7 Å². The van der Waals surface area contributed by atoms with Crippen LogP contribution in [0.2, 0.25) is 0 Å². The third-order valence-electron chi connectivity index (χ3n) is 1.61. The number of rotatable bonds is 2. The molecule has 0 spiro atoms. The van der Waals surface area contributed by atoms with Crippen molar-refractivity contribution in [2.75, 3.05) is 5.32 Å². The van der Waals surface area contributed by atoms with Crippen molar-refractivity contribution >= 4 is 27.5 Å². The first-order valence-corrected chi connectivity index (χ1v) is 4.88. The summed E-state index contributed by atoms with van der Waals surface area (Å²) in [5, 5.41) is 2.52. The first-order valence-electron chi connectivity index (χ1n) is 4.09. The lowest BCUT2D eigenvalue weighted by Gasteiger charge is -2.14. The Balaban J connectivity index is 2.86. The maximum atomic E-state index is 11.5. The molecule has 0 aliphatic rings. The fourth-order valence-corrected chi connectivity index (χ4v) is 0.884. The standard InChI is InChI=1S/C9H11BrN2O2/c1-9(2,10)8(14)12-6-5-11-4-3-7(6)13/h3-5H,1-2H3,(H,11,13)(H,12,14). The average molecular weight is 259 g/mol. The molecule has 76 valence electrons. The van der Waals surface area contributed by atoms with Crippen molar-refractivity contribution in [3.63, 3.8) is 0 Å². The van der Waals surface area contributed by atoms with Gasteiger partial charge in [0.05, 0.1) is 4.32 Å². The molecule has 0 radical (unpaired) electrons. The Bertz CT molecular complexity index is 392. The van der Waals surface area contributed by atoms with Gasteiger partial charge in [0.1, 0.15) is 5.69 Å². The highest BCUT2D eigenvalue weighted by Crippen LogP contribution is 2.17. The van der Waals surface area contributed by atoms with Crippen LogP contribution in [0, 0.1) is 0 Å². The average Bonchev–Trinajstić information content (AvgIpc) is 2.07. The van der Waals surface area contributed by atoms with Gasteiger partial charge in [-0.1, -0.05) is 15.9 Å². The molecule has 0 aliphatic carbocycles. The number of H-pyrrole nitrogens is 1. The third kappa shape index (κ3) is 2.70. The van der Waals surface area contributed by atoms with Gasteiger partial charge < -0.3 is 10.3 Å². The van der Waals surface area contributed by atoms with Gasteiger partial charge in [0.2, 0.25) is 11.3 Å². The van der Waals surface area contributed by atoms with Crippen LogP contribution in [0.25, 0.3) is 0 Å². The highest BCUT2D eigenvalue weighted by Gasteiger charge is 2.23. The fraction of sp³-hybridized carbons (Fsp3) is 0.333. The highest BCUT2D eigenvalue weighted by atomic mass is 79.9. The van der Waals surface area contributed by atoms with Gasteiger partial charge in [-0.3, -0.25) is 9.59 Å². The van der Waals surface area contributed by atoms with Gasteiger partial charge in [0.15, 0.2) is 0 Å². The monoisotopic (exact) mass is 258 g/mol. The summed E-state index contributed by atoms with van der Waals surface area (Å²) >= 11 is 3.20. The van der Waals surface area contributed by atoms with E-state index in [0.29, 0.717) is 0 Å². The van der Waals surface area contributed by atoms with Crippen molar-refractivity contribution in [2.45, 2.75) is 18.2 Å². The molecule has 1 amide bonds. The Kier molecular flexibility index (Phi) is 3.10. The molecule has 0 aromatic carbocycles. The van der Waals surface area contributed by atoms with Gasteiger partial charge in [-0.05, 0) is 13.8 Å². The number of halogens is 1. The van der Waals surface area contributed by atoms with Crippen LogP contribution in [0.15, 0.2) is 23.3 Å². The van der Waals surface area contributed by atoms with E-state index < -0.39 is 4.32 Å². The normalized spacial score (nSPS) is 11.1. The molecule has 0 saturated heterocycles. The van der Waals surface area contributed by atoms with Crippen molar-refractivity contribution in [3.05, 3.63) is 28.7 Å². The van der Waals surface area contributed by atoms with E-state index in [1.54, 1.807) is 13.8 Å². The number of anilines is 1. The molecule has 0 saturated carbocycles. The minimum absolute atomic E-state index is 0.214. The summed E-state index contributed by atoms with van der Waals surface area (Å²) in [6.07, 6.45) is 2.97. The van der Waals surface area contributed by atoms with Gasteiger partial charge in [-0.25, -0.2) is 0 Å². The number of aromatic amines is 1. The Labute approximate surface area is 89.9 Å². The lowest BCUT2D eigenvalue weighted by Crippen LogP contribution is -2.32. The summed E-state index contributed by atoms with van der Waals surface area (Å²) in [7, 11) is 0. The quantitative estimate of drug-likeness (QED) is 0.790. The summed E-state index contributed by atoms with van der Waals surface area (Å²) in [5.74, 6) is -0.255. The number of hydrogen-bond acceptors (Lipinski definition) is 2. The summed E-state index contributed by atoms with van der Waals surface area (Å²) < 4.78 is -0.685. The van der Waals surface area contributed by atoms with Gasteiger partial charge in [-0.2, -0.15) is 0 Å². The largest absolute Gasteiger partial charge is 0.366 e. The summed E-state index contributed by atoms with van der Waals surface area (Å²) in [6, 6.07) is 1.36. The van der Waals surface area contributed by atoms with Crippen LogP contribution in [0.1, 0.15) is 13.8 Å². The van der Waals surface area contributed by atoms with E-state index >= 15 is 0 Å². The lowest BCUT2D eigenvalue weighted by molar-refractivity contribution is -0.117. The molecule has 1 heterocycles. The van der Waals surface area contributed by atoms with E-state index in [4.69, 9.17) is 0 Å². The van der Waals surface area contributed by atoms with Crippen LogP contribution in [0.3, 0.4) is 0 Å². The second-order valence-electron chi connectivity index (χ2n) is 3.35. The smallest absolute Gasteiger partial charge is 0.240 e. The summed E-state index contributed by atoms with van der Waals surface area (Å²) in [6.45, 7) is 3.42. The highest BCUT2D eigenvalue weighted by molar-refractivity contribution is 9.10.